The van der Waals surface area contributed by atoms with Crippen LogP contribution >= 0.6 is 11.6 Å². The Kier molecular flexibility index (Phi) is 4.35. The maximum absolute atomic E-state index is 12.5. The summed E-state index contributed by atoms with van der Waals surface area (Å²) in [4.78, 5) is 14.1. The maximum atomic E-state index is 12.5. The standard InChI is InChI=1S/C16H16ClN5O2/c1-10-14(11(2)24-19-10)8-21(3)16(23)15-9-22(20-18-15)13-6-4-5-12(17)7-13/h4-7,9H,8H2,1-3H3. The van der Waals surface area contributed by atoms with Gasteiger partial charge in [-0.25, -0.2) is 4.68 Å². The van der Waals surface area contributed by atoms with Crippen LogP contribution in [0, 0.1) is 13.8 Å². The summed E-state index contributed by atoms with van der Waals surface area (Å²) in [5.74, 6) is 0.470. The average Bonchev–Trinajstić information content (AvgIpc) is 3.16. The van der Waals surface area contributed by atoms with Crippen molar-refractivity contribution in [3.05, 3.63) is 58.2 Å². The van der Waals surface area contributed by atoms with E-state index in [1.54, 1.807) is 30.3 Å². The molecule has 3 aromatic rings. The number of halogens is 1. The Morgan fingerprint density at radius 2 is 2.17 bits per heavy atom. The Morgan fingerprint density at radius 1 is 1.38 bits per heavy atom. The van der Waals surface area contributed by atoms with Crippen molar-refractivity contribution in [3.63, 3.8) is 0 Å². The van der Waals surface area contributed by atoms with Gasteiger partial charge in [0, 0.05) is 17.6 Å². The number of hydrogen-bond donors (Lipinski definition) is 0. The van der Waals surface area contributed by atoms with Gasteiger partial charge in [0.2, 0.25) is 0 Å². The zero-order chi connectivity index (χ0) is 17.3. The van der Waals surface area contributed by atoms with Gasteiger partial charge < -0.3 is 9.42 Å². The number of amides is 1. The molecule has 0 saturated heterocycles. The molecule has 124 valence electrons. The summed E-state index contributed by atoms with van der Waals surface area (Å²) in [7, 11) is 1.70. The largest absolute Gasteiger partial charge is 0.361 e. The molecule has 0 aliphatic rings. The lowest BCUT2D eigenvalue weighted by Gasteiger charge is -2.15. The summed E-state index contributed by atoms with van der Waals surface area (Å²) < 4.78 is 6.64. The number of aromatic nitrogens is 4. The Bertz CT molecular complexity index is 867. The van der Waals surface area contributed by atoms with E-state index >= 15 is 0 Å². The highest BCUT2D eigenvalue weighted by atomic mass is 35.5. The van der Waals surface area contributed by atoms with Crippen molar-refractivity contribution in [1.29, 1.82) is 0 Å². The van der Waals surface area contributed by atoms with Crippen molar-refractivity contribution in [3.8, 4) is 5.69 Å². The monoisotopic (exact) mass is 345 g/mol. The lowest BCUT2D eigenvalue weighted by Crippen LogP contribution is -2.27. The van der Waals surface area contributed by atoms with Crippen molar-refractivity contribution in [2.45, 2.75) is 20.4 Å². The van der Waals surface area contributed by atoms with Gasteiger partial charge in [0.05, 0.1) is 24.1 Å². The molecule has 0 aliphatic carbocycles. The molecule has 0 saturated carbocycles. The molecule has 7 nitrogen and oxygen atoms in total. The van der Waals surface area contributed by atoms with E-state index in [1.807, 2.05) is 26.0 Å². The molecule has 1 aromatic carbocycles. The van der Waals surface area contributed by atoms with Gasteiger partial charge in [-0.3, -0.25) is 4.79 Å². The zero-order valence-electron chi connectivity index (χ0n) is 13.5. The highest BCUT2D eigenvalue weighted by molar-refractivity contribution is 6.30. The topological polar surface area (TPSA) is 77.0 Å². The molecule has 8 heteroatoms. The number of carbonyl (C=O) groups excluding carboxylic acids is 1. The van der Waals surface area contributed by atoms with Crippen molar-refractivity contribution in [1.82, 2.24) is 25.1 Å². The molecule has 0 unspecified atom stereocenters. The predicted octanol–water partition coefficient (Wildman–Crippen LogP) is 2.80. The molecule has 1 amide bonds. The van der Waals surface area contributed by atoms with Crippen molar-refractivity contribution in [2.75, 3.05) is 7.05 Å². The highest BCUT2D eigenvalue weighted by Gasteiger charge is 2.19. The molecule has 0 atom stereocenters. The predicted molar refractivity (Wildman–Crippen MR) is 88.1 cm³/mol. The number of hydrogen-bond acceptors (Lipinski definition) is 5. The molecule has 0 N–H and O–H groups in total. The SMILES string of the molecule is Cc1noc(C)c1CN(C)C(=O)c1cn(-c2cccc(Cl)c2)nn1. The fraction of sp³-hybridized carbons (Fsp3) is 0.250. The molecule has 0 fully saturated rings. The molecule has 2 heterocycles. The summed E-state index contributed by atoms with van der Waals surface area (Å²) >= 11 is 5.97. The van der Waals surface area contributed by atoms with E-state index in [0.29, 0.717) is 17.3 Å². The van der Waals surface area contributed by atoms with E-state index in [4.69, 9.17) is 16.1 Å². The van der Waals surface area contributed by atoms with E-state index in [2.05, 4.69) is 15.5 Å². The van der Waals surface area contributed by atoms with E-state index in [0.717, 1.165) is 16.9 Å². The molecule has 2 aromatic heterocycles. The maximum Gasteiger partial charge on any atom is 0.276 e. The lowest BCUT2D eigenvalue weighted by atomic mass is 10.2. The first-order valence-corrected chi connectivity index (χ1v) is 7.69. The van der Waals surface area contributed by atoms with Crippen molar-refractivity contribution >= 4 is 17.5 Å². The first-order valence-electron chi connectivity index (χ1n) is 7.31. The summed E-state index contributed by atoms with van der Waals surface area (Å²) in [5.41, 5.74) is 2.66. The second kappa shape index (κ2) is 6.45. The van der Waals surface area contributed by atoms with Crippen LogP contribution in [0.25, 0.3) is 5.69 Å². The van der Waals surface area contributed by atoms with E-state index in [-0.39, 0.29) is 11.6 Å². The van der Waals surface area contributed by atoms with Gasteiger partial charge in [-0.15, -0.1) is 5.10 Å². The van der Waals surface area contributed by atoms with Crippen LogP contribution in [0.3, 0.4) is 0 Å². The third-order valence-electron chi connectivity index (χ3n) is 3.71. The number of nitrogens with zero attached hydrogens (tertiary/aromatic N) is 5. The van der Waals surface area contributed by atoms with Gasteiger partial charge in [-0.1, -0.05) is 28.0 Å². The third-order valence-corrected chi connectivity index (χ3v) is 3.94. The van der Waals surface area contributed by atoms with Crippen LogP contribution in [0.1, 0.15) is 27.5 Å². The molecular formula is C16H16ClN5O2. The quantitative estimate of drug-likeness (QED) is 0.726. The van der Waals surface area contributed by atoms with Gasteiger partial charge in [0.25, 0.3) is 5.91 Å². The van der Waals surface area contributed by atoms with E-state index in [1.165, 1.54) is 4.68 Å². The summed E-state index contributed by atoms with van der Waals surface area (Å²) in [6.07, 6.45) is 1.58. The zero-order valence-corrected chi connectivity index (χ0v) is 14.3. The molecular weight excluding hydrogens is 330 g/mol. The van der Waals surface area contributed by atoms with Crippen LogP contribution in [-0.4, -0.2) is 38.0 Å². The Labute approximate surface area is 143 Å². The Morgan fingerprint density at radius 3 is 2.83 bits per heavy atom. The van der Waals surface area contributed by atoms with Gasteiger partial charge >= 0.3 is 0 Å². The van der Waals surface area contributed by atoms with Crippen molar-refractivity contribution < 1.29 is 9.32 Å². The fourth-order valence-electron chi connectivity index (χ4n) is 2.34. The number of rotatable bonds is 4. The molecule has 0 bridgehead atoms. The van der Waals surface area contributed by atoms with E-state index < -0.39 is 0 Å². The van der Waals surface area contributed by atoms with Crippen LogP contribution in [0.15, 0.2) is 35.0 Å². The third kappa shape index (κ3) is 3.16. The summed E-state index contributed by atoms with van der Waals surface area (Å²) in [6, 6.07) is 7.16. The average molecular weight is 346 g/mol. The molecule has 3 rings (SSSR count). The second-order valence-electron chi connectivity index (χ2n) is 5.49. The number of aryl methyl sites for hydroxylation is 2. The highest BCUT2D eigenvalue weighted by Crippen LogP contribution is 2.17. The van der Waals surface area contributed by atoms with Crippen LogP contribution in [0.4, 0.5) is 0 Å². The van der Waals surface area contributed by atoms with Crippen molar-refractivity contribution in [2.24, 2.45) is 0 Å². The molecule has 0 spiro atoms. The summed E-state index contributed by atoms with van der Waals surface area (Å²) in [5, 5.41) is 12.4. The van der Waals surface area contributed by atoms with Gasteiger partial charge in [0.15, 0.2) is 5.69 Å². The molecule has 0 aliphatic heterocycles. The minimum absolute atomic E-state index is 0.233. The van der Waals surface area contributed by atoms with E-state index in [9.17, 15) is 4.79 Å². The summed E-state index contributed by atoms with van der Waals surface area (Å²) in [6.45, 7) is 4.06. The first-order chi connectivity index (χ1) is 11.5. The van der Waals surface area contributed by atoms with Gasteiger partial charge in [0.1, 0.15) is 5.76 Å². The lowest BCUT2D eigenvalue weighted by molar-refractivity contribution is 0.0778. The number of carbonyl (C=O) groups is 1. The van der Waals surface area contributed by atoms with Crippen LogP contribution in [0.5, 0.6) is 0 Å². The van der Waals surface area contributed by atoms with Gasteiger partial charge in [-0.2, -0.15) is 0 Å². The van der Waals surface area contributed by atoms with Gasteiger partial charge in [-0.05, 0) is 32.0 Å². The second-order valence-corrected chi connectivity index (χ2v) is 5.93. The minimum atomic E-state index is -0.233. The fourth-order valence-corrected chi connectivity index (χ4v) is 2.52. The Balaban J connectivity index is 1.78. The smallest absolute Gasteiger partial charge is 0.276 e. The minimum Gasteiger partial charge on any atom is -0.361 e. The Hall–Kier alpha value is -2.67. The van der Waals surface area contributed by atoms with Crippen LogP contribution in [0.2, 0.25) is 5.02 Å². The first kappa shape index (κ1) is 16.2. The number of benzene rings is 1. The molecule has 0 radical (unpaired) electrons. The van der Waals surface area contributed by atoms with Crippen LogP contribution < -0.4 is 0 Å². The normalized spacial score (nSPS) is 10.8. The molecule has 24 heavy (non-hydrogen) atoms. The van der Waals surface area contributed by atoms with Crippen LogP contribution in [-0.2, 0) is 6.54 Å².